The summed E-state index contributed by atoms with van der Waals surface area (Å²) in [7, 11) is 0. The fourth-order valence-electron chi connectivity index (χ4n) is 3.20. The van der Waals surface area contributed by atoms with Gasteiger partial charge in [-0.05, 0) is 49.2 Å². The molecule has 0 spiro atoms. The molecule has 0 unspecified atom stereocenters. The number of Topliss-reactive ketones (excluding diaryl/α,β-unsaturated/α-hetero) is 1. The Bertz CT molecular complexity index is 1310. The Morgan fingerprint density at radius 1 is 0.967 bits per heavy atom. The summed E-state index contributed by atoms with van der Waals surface area (Å²) in [4.78, 5) is 25.8. The molecule has 3 aromatic carbocycles. The van der Waals surface area contributed by atoms with Crippen molar-refractivity contribution in [1.82, 2.24) is 0 Å². The van der Waals surface area contributed by atoms with Gasteiger partial charge in [-0.1, -0.05) is 54.1 Å². The number of carbonyl (C=O) groups excluding carboxylic acids is 1. The van der Waals surface area contributed by atoms with Gasteiger partial charge >= 0.3 is 0 Å². The summed E-state index contributed by atoms with van der Waals surface area (Å²) in [6.07, 6.45) is 0. The fourth-order valence-corrected chi connectivity index (χ4v) is 3.37. The summed E-state index contributed by atoms with van der Waals surface area (Å²) in [6.45, 7) is 3.65. The summed E-state index contributed by atoms with van der Waals surface area (Å²) in [5.41, 5.74) is 3.37. The lowest BCUT2D eigenvalue weighted by Crippen LogP contribution is -2.17. The van der Waals surface area contributed by atoms with E-state index in [2.05, 4.69) is 0 Å². The minimum atomic E-state index is -0.370. The minimum absolute atomic E-state index is 0.00634. The second-order valence-corrected chi connectivity index (χ2v) is 7.54. The van der Waals surface area contributed by atoms with Gasteiger partial charge in [-0.25, -0.2) is 0 Å². The van der Waals surface area contributed by atoms with Crippen molar-refractivity contribution in [2.75, 3.05) is 6.61 Å². The molecule has 0 bridgehead atoms. The number of halogens is 1. The van der Waals surface area contributed by atoms with E-state index < -0.39 is 0 Å². The van der Waals surface area contributed by atoms with Crippen molar-refractivity contribution in [3.63, 3.8) is 0 Å². The molecule has 4 rings (SSSR count). The lowest BCUT2D eigenvalue weighted by atomic mass is 10.0. The Labute approximate surface area is 178 Å². The highest BCUT2D eigenvalue weighted by molar-refractivity contribution is 6.31. The van der Waals surface area contributed by atoms with Gasteiger partial charge < -0.3 is 9.15 Å². The van der Waals surface area contributed by atoms with Crippen LogP contribution in [0.2, 0.25) is 5.02 Å². The first-order valence-electron chi connectivity index (χ1n) is 9.49. The molecule has 4 aromatic rings. The SMILES string of the molecule is Cc1ccc(C(=O)COc2c(-c3ccccc3)oc3ccc(Cl)cc3c2=O)cc1C. The molecule has 150 valence electrons. The van der Waals surface area contributed by atoms with Crippen LogP contribution in [0.25, 0.3) is 22.3 Å². The number of ketones is 1. The van der Waals surface area contributed by atoms with Crippen LogP contribution in [-0.4, -0.2) is 12.4 Å². The van der Waals surface area contributed by atoms with E-state index in [1.54, 1.807) is 18.2 Å². The first-order chi connectivity index (χ1) is 14.4. The quantitative estimate of drug-likeness (QED) is 0.373. The molecule has 1 heterocycles. The molecule has 0 amide bonds. The van der Waals surface area contributed by atoms with Crippen molar-refractivity contribution in [3.05, 3.63) is 98.7 Å². The largest absolute Gasteiger partial charge is 0.478 e. The highest BCUT2D eigenvalue weighted by Gasteiger charge is 2.19. The van der Waals surface area contributed by atoms with E-state index in [9.17, 15) is 9.59 Å². The molecular weight excluding hydrogens is 400 g/mol. The number of hydrogen-bond donors (Lipinski definition) is 0. The Morgan fingerprint density at radius 2 is 1.73 bits per heavy atom. The number of fused-ring (bicyclic) bond motifs is 1. The molecule has 5 heteroatoms. The average Bonchev–Trinajstić information content (AvgIpc) is 2.75. The Morgan fingerprint density at radius 3 is 2.47 bits per heavy atom. The second kappa shape index (κ2) is 8.17. The summed E-state index contributed by atoms with van der Waals surface area (Å²) >= 11 is 6.06. The number of hydrogen-bond acceptors (Lipinski definition) is 4. The van der Waals surface area contributed by atoms with E-state index in [0.29, 0.717) is 27.1 Å². The van der Waals surface area contributed by atoms with Gasteiger partial charge in [0.1, 0.15) is 5.58 Å². The standard InChI is InChI=1S/C25H19ClO4/c1-15-8-9-18(12-16(15)2)21(27)14-29-25-23(28)20-13-19(26)10-11-22(20)30-24(25)17-6-4-3-5-7-17/h3-13H,14H2,1-2H3. The van der Waals surface area contributed by atoms with E-state index in [1.807, 2.05) is 56.3 Å². The third-order valence-electron chi connectivity index (χ3n) is 5.02. The molecule has 30 heavy (non-hydrogen) atoms. The van der Waals surface area contributed by atoms with Crippen LogP contribution in [0, 0.1) is 13.8 Å². The number of rotatable bonds is 5. The third kappa shape index (κ3) is 3.87. The summed E-state index contributed by atoms with van der Waals surface area (Å²) in [5, 5.41) is 0.718. The van der Waals surface area contributed by atoms with Crippen molar-refractivity contribution >= 4 is 28.4 Å². The molecule has 0 fully saturated rings. The van der Waals surface area contributed by atoms with Gasteiger partial charge in [0.2, 0.25) is 11.2 Å². The smallest absolute Gasteiger partial charge is 0.235 e. The summed E-state index contributed by atoms with van der Waals surface area (Å²) in [6, 6.07) is 19.5. The average molecular weight is 419 g/mol. The van der Waals surface area contributed by atoms with Gasteiger partial charge in [-0.2, -0.15) is 0 Å². The van der Waals surface area contributed by atoms with Crippen LogP contribution in [0.3, 0.4) is 0 Å². The zero-order chi connectivity index (χ0) is 21.3. The van der Waals surface area contributed by atoms with Gasteiger partial charge in [0.25, 0.3) is 0 Å². The molecule has 0 saturated heterocycles. The number of ether oxygens (including phenoxy) is 1. The van der Waals surface area contributed by atoms with E-state index in [4.69, 9.17) is 20.8 Å². The van der Waals surface area contributed by atoms with Crippen molar-refractivity contribution < 1.29 is 13.9 Å². The molecule has 0 aliphatic heterocycles. The van der Waals surface area contributed by atoms with E-state index in [0.717, 1.165) is 11.1 Å². The van der Waals surface area contributed by atoms with Crippen molar-refractivity contribution in [1.29, 1.82) is 0 Å². The molecule has 1 aromatic heterocycles. The Kier molecular flexibility index (Phi) is 5.42. The maximum atomic E-state index is 13.2. The van der Waals surface area contributed by atoms with Crippen LogP contribution in [0.15, 0.2) is 75.9 Å². The van der Waals surface area contributed by atoms with E-state index in [1.165, 1.54) is 6.07 Å². The van der Waals surface area contributed by atoms with Gasteiger partial charge in [0, 0.05) is 16.1 Å². The van der Waals surface area contributed by atoms with Crippen LogP contribution < -0.4 is 10.2 Å². The fraction of sp³-hybridized carbons (Fsp3) is 0.120. The Hall–Kier alpha value is -3.37. The molecule has 0 atom stereocenters. The van der Waals surface area contributed by atoms with Crippen LogP contribution in [0.4, 0.5) is 0 Å². The maximum Gasteiger partial charge on any atom is 0.235 e. The molecule has 0 aliphatic rings. The summed E-state index contributed by atoms with van der Waals surface area (Å²) < 4.78 is 11.8. The summed E-state index contributed by atoms with van der Waals surface area (Å²) in [5.74, 6) is 0.0548. The van der Waals surface area contributed by atoms with Crippen LogP contribution >= 0.6 is 11.6 Å². The Balaban J connectivity index is 1.76. The van der Waals surface area contributed by atoms with Crippen molar-refractivity contribution in [2.24, 2.45) is 0 Å². The maximum absolute atomic E-state index is 13.2. The number of carbonyl (C=O) groups is 1. The predicted octanol–water partition coefficient (Wildman–Crippen LogP) is 5.99. The molecular formula is C25H19ClO4. The first-order valence-corrected chi connectivity index (χ1v) is 9.87. The van der Waals surface area contributed by atoms with Crippen LogP contribution in [0.1, 0.15) is 21.5 Å². The molecule has 0 radical (unpaired) electrons. The third-order valence-corrected chi connectivity index (χ3v) is 5.26. The second-order valence-electron chi connectivity index (χ2n) is 7.11. The lowest BCUT2D eigenvalue weighted by Gasteiger charge is -2.12. The van der Waals surface area contributed by atoms with Gasteiger partial charge in [-0.3, -0.25) is 9.59 Å². The lowest BCUT2D eigenvalue weighted by molar-refractivity contribution is 0.0920. The molecule has 0 aliphatic carbocycles. The number of benzene rings is 3. The zero-order valence-electron chi connectivity index (χ0n) is 16.6. The van der Waals surface area contributed by atoms with Gasteiger partial charge in [0.15, 0.2) is 18.2 Å². The minimum Gasteiger partial charge on any atom is -0.478 e. The van der Waals surface area contributed by atoms with Crippen molar-refractivity contribution in [2.45, 2.75) is 13.8 Å². The zero-order valence-corrected chi connectivity index (χ0v) is 17.3. The van der Waals surface area contributed by atoms with E-state index >= 15 is 0 Å². The number of aryl methyl sites for hydroxylation is 2. The molecule has 4 nitrogen and oxygen atoms in total. The highest BCUT2D eigenvalue weighted by Crippen LogP contribution is 2.31. The monoisotopic (exact) mass is 418 g/mol. The molecule has 0 N–H and O–H groups in total. The van der Waals surface area contributed by atoms with Crippen LogP contribution in [0.5, 0.6) is 5.75 Å². The normalized spacial score (nSPS) is 10.9. The van der Waals surface area contributed by atoms with E-state index in [-0.39, 0.29) is 29.3 Å². The highest BCUT2D eigenvalue weighted by atomic mass is 35.5. The topological polar surface area (TPSA) is 56.5 Å². The van der Waals surface area contributed by atoms with Gasteiger partial charge in [-0.15, -0.1) is 0 Å². The van der Waals surface area contributed by atoms with Crippen molar-refractivity contribution in [3.8, 4) is 17.1 Å². The molecule has 0 saturated carbocycles. The van der Waals surface area contributed by atoms with Gasteiger partial charge in [0.05, 0.1) is 5.39 Å². The van der Waals surface area contributed by atoms with Crippen LogP contribution in [-0.2, 0) is 0 Å². The first kappa shape index (κ1) is 19.9. The predicted molar refractivity (Wildman–Crippen MR) is 119 cm³/mol.